The van der Waals surface area contributed by atoms with Crippen molar-refractivity contribution in [2.75, 3.05) is 6.61 Å². The lowest BCUT2D eigenvalue weighted by Gasteiger charge is -2.29. The summed E-state index contributed by atoms with van der Waals surface area (Å²) in [6.07, 6.45) is 1.26. The molecule has 0 saturated carbocycles. The number of benzene rings is 2. The number of fused-ring (bicyclic) bond motifs is 1. The van der Waals surface area contributed by atoms with Crippen LogP contribution in [-0.2, 0) is 12.8 Å². The number of hydrogen-bond acceptors (Lipinski definition) is 2. The van der Waals surface area contributed by atoms with Crippen LogP contribution in [0.4, 0.5) is 8.78 Å². The minimum absolute atomic E-state index is 0.145. The molecule has 0 aromatic heterocycles. The molecule has 3 rings (SSSR count). The van der Waals surface area contributed by atoms with Gasteiger partial charge in [-0.15, -0.1) is 0 Å². The molecule has 0 amide bonds. The summed E-state index contributed by atoms with van der Waals surface area (Å²) in [5.41, 5.74) is 7.93. The SMILES string of the molecule is NC(Cc1cc(F)cc(F)c1)C1COc2ccccc2C1. The molecule has 21 heavy (non-hydrogen) atoms. The van der Waals surface area contributed by atoms with Gasteiger partial charge in [0.15, 0.2) is 0 Å². The van der Waals surface area contributed by atoms with Crippen LogP contribution in [0, 0.1) is 17.6 Å². The third-order valence-corrected chi connectivity index (χ3v) is 3.91. The molecule has 2 atom stereocenters. The molecule has 1 aliphatic rings. The van der Waals surface area contributed by atoms with E-state index in [0.717, 1.165) is 23.8 Å². The molecule has 0 spiro atoms. The molecule has 1 aliphatic heterocycles. The zero-order valence-corrected chi connectivity index (χ0v) is 11.6. The van der Waals surface area contributed by atoms with Gasteiger partial charge in [-0.2, -0.15) is 0 Å². The van der Waals surface area contributed by atoms with Crippen molar-refractivity contribution in [2.24, 2.45) is 11.7 Å². The van der Waals surface area contributed by atoms with E-state index >= 15 is 0 Å². The van der Waals surface area contributed by atoms with Crippen LogP contribution < -0.4 is 10.5 Å². The Bertz CT molecular complexity index is 624. The van der Waals surface area contributed by atoms with E-state index in [9.17, 15) is 8.78 Å². The van der Waals surface area contributed by atoms with Gasteiger partial charge in [0.25, 0.3) is 0 Å². The second-order valence-electron chi connectivity index (χ2n) is 5.53. The van der Waals surface area contributed by atoms with Crippen molar-refractivity contribution in [3.8, 4) is 5.75 Å². The van der Waals surface area contributed by atoms with Gasteiger partial charge < -0.3 is 10.5 Å². The highest BCUT2D eigenvalue weighted by Crippen LogP contribution is 2.28. The average Bonchev–Trinajstić information content (AvgIpc) is 2.45. The summed E-state index contributed by atoms with van der Waals surface area (Å²) < 4.78 is 32.1. The molecule has 0 fully saturated rings. The first-order valence-electron chi connectivity index (χ1n) is 7.03. The van der Waals surface area contributed by atoms with Crippen LogP contribution in [-0.4, -0.2) is 12.6 Å². The number of rotatable bonds is 3. The Morgan fingerprint density at radius 3 is 2.62 bits per heavy atom. The molecule has 110 valence electrons. The Labute approximate surface area is 122 Å². The van der Waals surface area contributed by atoms with Crippen molar-refractivity contribution < 1.29 is 13.5 Å². The van der Waals surface area contributed by atoms with Gasteiger partial charge in [-0.3, -0.25) is 0 Å². The highest BCUT2D eigenvalue weighted by molar-refractivity contribution is 5.35. The summed E-state index contributed by atoms with van der Waals surface area (Å²) in [5.74, 6) is -0.0890. The zero-order valence-electron chi connectivity index (χ0n) is 11.6. The molecule has 2 N–H and O–H groups in total. The van der Waals surface area contributed by atoms with E-state index in [-0.39, 0.29) is 12.0 Å². The summed E-state index contributed by atoms with van der Waals surface area (Å²) in [4.78, 5) is 0. The summed E-state index contributed by atoms with van der Waals surface area (Å²) in [7, 11) is 0. The molecule has 2 unspecified atom stereocenters. The summed E-state index contributed by atoms with van der Waals surface area (Å²) in [6, 6.07) is 11.2. The first-order valence-corrected chi connectivity index (χ1v) is 7.03. The first kappa shape index (κ1) is 14.0. The number of nitrogens with two attached hydrogens (primary N) is 1. The summed E-state index contributed by atoms with van der Waals surface area (Å²) in [5, 5.41) is 0. The van der Waals surface area contributed by atoms with E-state index in [0.29, 0.717) is 18.6 Å². The van der Waals surface area contributed by atoms with Crippen molar-refractivity contribution in [1.82, 2.24) is 0 Å². The van der Waals surface area contributed by atoms with Gasteiger partial charge in [0.1, 0.15) is 17.4 Å². The molecule has 2 nitrogen and oxygen atoms in total. The predicted molar refractivity (Wildman–Crippen MR) is 77.2 cm³/mol. The van der Waals surface area contributed by atoms with Crippen molar-refractivity contribution >= 4 is 0 Å². The molecular weight excluding hydrogens is 272 g/mol. The van der Waals surface area contributed by atoms with Crippen LogP contribution in [0.3, 0.4) is 0 Å². The third kappa shape index (κ3) is 3.22. The molecule has 0 aliphatic carbocycles. The van der Waals surface area contributed by atoms with E-state index in [4.69, 9.17) is 10.5 Å². The van der Waals surface area contributed by atoms with E-state index in [1.54, 1.807) is 0 Å². The minimum atomic E-state index is -0.567. The van der Waals surface area contributed by atoms with Crippen LogP contribution in [0.5, 0.6) is 5.75 Å². The standard InChI is InChI=1S/C17H17F2NO/c18-14-5-11(6-15(19)9-14)7-16(20)13-8-12-3-1-2-4-17(12)21-10-13/h1-6,9,13,16H,7-8,10,20H2. The Hall–Kier alpha value is -1.94. The van der Waals surface area contributed by atoms with Gasteiger partial charge in [-0.25, -0.2) is 8.78 Å². The quantitative estimate of drug-likeness (QED) is 0.942. The Kier molecular flexibility index (Phi) is 3.88. The highest BCUT2D eigenvalue weighted by Gasteiger charge is 2.25. The first-order chi connectivity index (χ1) is 10.1. The minimum Gasteiger partial charge on any atom is -0.493 e. The average molecular weight is 289 g/mol. The molecule has 0 saturated heterocycles. The van der Waals surface area contributed by atoms with Crippen LogP contribution in [0.2, 0.25) is 0 Å². The van der Waals surface area contributed by atoms with E-state index < -0.39 is 11.6 Å². The molecule has 0 bridgehead atoms. The molecular formula is C17H17F2NO. The molecule has 2 aromatic carbocycles. The fraction of sp³-hybridized carbons (Fsp3) is 0.294. The lowest BCUT2D eigenvalue weighted by atomic mass is 9.87. The van der Waals surface area contributed by atoms with Crippen molar-refractivity contribution in [2.45, 2.75) is 18.9 Å². The Morgan fingerprint density at radius 2 is 1.86 bits per heavy atom. The van der Waals surface area contributed by atoms with Gasteiger partial charge >= 0.3 is 0 Å². The van der Waals surface area contributed by atoms with Gasteiger partial charge in [-0.1, -0.05) is 18.2 Å². The molecule has 4 heteroatoms. The lowest BCUT2D eigenvalue weighted by molar-refractivity contribution is 0.198. The maximum Gasteiger partial charge on any atom is 0.126 e. The summed E-state index contributed by atoms with van der Waals surface area (Å²) in [6.45, 7) is 0.538. The maximum atomic E-state index is 13.2. The number of para-hydroxylation sites is 1. The maximum absolute atomic E-state index is 13.2. The van der Waals surface area contributed by atoms with Gasteiger partial charge in [-0.05, 0) is 42.2 Å². The summed E-state index contributed by atoms with van der Waals surface area (Å²) >= 11 is 0. The smallest absolute Gasteiger partial charge is 0.126 e. The van der Waals surface area contributed by atoms with Gasteiger partial charge in [0.05, 0.1) is 6.61 Å². The van der Waals surface area contributed by atoms with Crippen LogP contribution in [0.1, 0.15) is 11.1 Å². The topological polar surface area (TPSA) is 35.2 Å². The second kappa shape index (κ2) is 5.82. The van der Waals surface area contributed by atoms with Crippen molar-refractivity contribution in [3.63, 3.8) is 0 Å². The third-order valence-electron chi connectivity index (χ3n) is 3.91. The highest BCUT2D eigenvalue weighted by atomic mass is 19.1. The second-order valence-corrected chi connectivity index (χ2v) is 5.53. The normalized spacial score (nSPS) is 18.7. The van der Waals surface area contributed by atoms with Crippen molar-refractivity contribution in [3.05, 3.63) is 65.2 Å². The van der Waals surface area contributed by atoms with Gasteiger partial charge in [0, 0.05) is 18.0 Å². The number of ether oxygens (including phenoxy) is 1. The van der Waals surface area contributed by atoms with E-state index in [2.05, 4.69) is 0 Å². The predicted octanol–water partition coefficient (Wildman–Crippen LogP) is 3.09. The van der Waals surface area contributed by atoms with Crippen LogP contribution in [0.15, 0.2) is 42.5 Å². The number of hydrogen-bond donors (Lipinski definition) is 1. The Morgan fingerprint density at radius 1 is 1.14 bits per heavy atom. The largest absolute Gasteiger partial charge is 0.493 e. The van der Waals surface area contributed by atoms with E-state index in [1.807, 2.05) is 24.3 Å². The van der Waals surface area contributed by atoms with Gasteiger partial charge in [0.2, 0.25) is 0 Å². The monoisotopic (exact) mass is 289 g/mol. The fourth-order valence-electron chi connectivity index (χ4n) is 2.79. The zero-order chi connectivity index (χ0) is 14.8. The van der Waals surface area contributed by atoms with E-state index in [1.165, 1.54) is 12.1 Å². The Balaban J connectivity index is 1.70. The van der Waals surface area contributed by atoms with Crippen LogP contribution in [0.25, 0.3) is 0 Å². The molecule has 2 aromatic rings. The lowest BCUT2D eigenvalue weighted by Crippen LogP contribution is -2.39. The number of halogens is 2. The molecule has 1 heterocycles. The van der Waals surface area contributed by atoms with Crippen LogP contribution >= 0.6 is 0 Å². The molecule has 0 radical (unpaired) electrons. The fourth-order valence-corrected chi connectivity index (χ4v) is 2.79. The van der Waals surface area contributed by atoms with Crippen molar-refractivity contribution in [1.29, 1.82) is 0 Å².